The topological polar surface area (TPSA) is 53.2 Å². The number of hydrogen-bond acceptors (Lipinski definition) is 3. The third kappa shape index (κ3) is 3.35. The molecule has 0 aromatic carbocycles. The summed E-state index contributed by atoms with van der Waals surface area (Å²) in [5.41, 5.74) is -0.668. The molecule has 0 aliphatic rings. The molecule has 0 aromatic heterocycles. The molecule has 0 spiro atoms. The zero-order chi connectivity index (χ0) is 8.91. The van der Waals surface area contributed by atoms with Gasteiger partial charge in [0.1, 0.15) is 0 Å². The number of methoxy groups -OCH3 is 1. The Morgan fingerprint density at radius 2 is 2.18 bits per heavy atom. The Morgan fingerprint density at radius 3 is 2.55 bits per heavy atom. The average Bonchev–Trinajstić information content (AvgIpc) is 2.00. The van der Waals surface area contributed by atoms with E-state index in [4.69, 9.17) is 10.00 Å². The van der Waals surface area contributed by atoms with Gasteiger partial charge < -0.3 is 9.84 Å². The van der Waals surface area contributed by atoms with Gasteiger partial charge in [0.15, 0.2) is 0 Å². The van der Waals surface area contributed by atoms with Crippen LogP contribution in [0.25, 0.3) is 0 Å². The van der Waals surface area contributed by atoms with Crippen LogP contribution in [0.3, 0.4) is 0 Å². The van der Waals surface area contributed by atoms with Gasteiger partial charge >= 0.3 is 0 Å². The molecule has 0 saturated carbocycles. The van der Waals surface area contributed by atoms with E-state index in [2.05, 4.69) is 0 Å². The molecule has 0 bridgehead atoms. The van der Waals surface area contributed by atoms with Gasteiger partial charge in [-0.2, -0.15) is 5.26 Å². The monoisotopic (exact) mass is 157 g/mol. The Balaban J connectivity index is 3.83. The van der Waals surface area contributed by atoms with E-state index < -0.39 is 11.5 Å². The predicted molar refractivity (Wildman–Crippen MR) is 41.9 cm³/mol. The molecule has 0 saturated heterocycles. The van der Waals surface area contributed by atoms with Gasteiger partial charge in [-0.3, -0.25) is 0 Å². The van der Waals surface area contributed by atoms with Crippen molar-refractivity contribution in [2.24, 2.45) is 5.41 Å². The smallest absolute Gasteiger partial charge is 0.0777 e. The first-order valence-corrected chi connectivity index (χ1v) is 3.63. The summed E-state index contributed by atoms with van der Waals surface area (Å²) in [7, 11) is 1.58. The van der Waals surface area contributed by atoms with Crippen molar-refractivity contribution in [3.63, 3.8) is 0 Å². The van der Waals surface area contributed by atoms with Crippen LogP contribution in [0.5, 0.6) is 0 Å². The Bertz CT molecular complexity index is 149. The highest BCUT2D eigenvalue weighted by Crippen LogP contribution is 2.21. The second-order valence-corrected chi connectivity index (χ2v) is 3.13. The summed E-state index contributed by atoms with van der Waals surface area (Å²) in [6.45, 7) is 3.92. The Labute approximate surface area is 67.6 Å². The zero-order valence-corrected chi connectivity index (χ0v) is 7.29. The molecule has 0 heterocycles. The molecule has 3 nitrogen and oxygen atoms in total. The lowest BCUT2D eigenvalue weighted by Gasteiger charge is -2.22. The molecule has 0 unspecified atom stereocenters. The molecule has 0 rings (SSSR count). The van der Waals surface area contributed by atoms with Gasteiger partial charge in [0.25, 0.3) is 0 Å². The normalized spacial score (nSPS) is 14.1. The number of aliphatic hydroxyl groups excluding tert-OH is 1. The molecule has 11 heavy (non-hydrogen) atoms. The lowest BCUT2D eigenvalue weighted by molar-refractivity contribution is 0.0504. The van der Waals surface area contributed by atoms with Crippen molar-refractivity contribution in [2.45, 2.75) is 26.4 Å². The lowest BCUT2D eigenvalue weighted by atomic mass is 9.87. The molecule has 0 radical (unpaired) electrons. The van der Waals surface area contributed by atoms with Gasteiger partial charge in [-0.25, -0.2) is 0 Å². The molecule has 0 fully saturated rings. The Hall–Kier alpha value is -0.590. The van der Waals surface area contributed by atoms with Crippen LogP contribution in [0, 0.1) is 16.7 Å². The van der Waals surface area contributed by atoms with E-state index in [1.807, 2.05) is 6.07 Å². The molecule has 0 aliphatic carbocycles. The van der Waals surface area contributed by atoms with Crippen LogP contribution in [-0.2, 0) is 4.74 Å². The van der Waals surface area contributed by atoms with Crippen LogP contribution in [0.2, 0.25) is 0 Å². The summed E-state index contributed by atoms with van der Waals surface area (Å²) in [4.78, 5) is 0. The highest BCUT2D eigenvalue weighted by molar-refractivity contribution is 4.96. The van der Waals surface area contributed by atoms with Gasteiger partial charge in [-0.05, 0) is 20.3 Å². The SMILES string of the molecule is COCC[C@@H](O)C(C)(C)C#N. The first kappa shape index (κ1) is 10.4. The standard InChI is InChI=1S/C8H15NO2/c1-8(2,6-9)7(10)4-5-11-3/h7,10H,4-5H2,1-3H3/t7-/m1/s1. The van der Waals surface area contributed by atoms with Crippen LogP contribution < -0.4 is 0 Å². The first-order valence-electron chi connectivity index (χ1n) is 3.63. The summed E-state index contributed by atoms with van der Waals surface area (Å²) < 4.78 is 4.78. The highest BCUT2D eigenvalue weighted by atomic mass is 16.5. The molecule has 0 amide bonds. The zero-order valence-electron chi connectivity index (χ0n) is 7.29. The van der Waals surface area contributed by atoms with Crippen molar-refractivity contribution in [1.29, 1.82) is 5.26 Å². The summed E-state index contributed by atoms with van der Waals surface area (Å²) in [6.07, 6.45) is -0.0932. The summed E-state index contributed by atoms with van der Waals surface area (Å²) in [6, 6.07) is 2.04. The number of hydrogen-bond donors (Lipinski definition) is 1. The van der Waals surface area contributed by atoms with Crippen LogP contribution in [0.1, 0.15) is 20.3 Å². The molecule has 1 atom stereocenters. The van der Waals surface area contributed by atoms with Crippen molar-refractivity contribution in [3.8, 4) is 6.07 Å². The number of ether oxygens (including phenoxy) is 1. The lowest BCUT2D eigenvalue weighted by Crippen LogP contribution is -2.28. The average molecular weight is 157 g/mol. The van der Waals surface area contributed by atoms with Crippen molar-refractivity contribution in [2.75, 3.05) is 13.7 Å². The van der Waals surface area contributed by atoms with Crippen molar-refractivity contribution in [3.05, 3.63) is 0 Å². The molecule has 3 heteroatoms. The number of rotatable bonds is 4. The third-order valence-electron chi connectivity index (χ3n) is 1.72. The van der Waals surface area contributed by atoms with Gasteiger partial charge in [0.2, 0.25) is 0 Å². The maximum Gasteiger partial charge on any atom is 0.0777 e. The van der Waals surface area contributed by atoms with E-state index in [0.29, 0.717) is 13.0 Å². The minimum absolute atomic E-state index is 0.492. The van der Waals surface area contributed by atoms with Crippen molar-refractivity contribution in [1.82, 2.24) is 0 Å². The van der Waals surface area contributed by atoms with E-state index in [0.717, 1.165) is 0 Å². The molecule has 64 valence electrons. The fourth-order valence-electron chi connectivity index (χ4n) is 0.665. The van der Waals surface area contributed by atoms with Gasteiger partial charge in [-0.1, -0.05) is 0 Å². The molecular weight excluding hydrogens is 142 g/mol. The molecule has 1 N–H and O–H groups in total. The van der Waals surface area contributed by atoms with Crippen LogP contribution >= 0.6 is 0 Å². The largest absolute Gasteiger partial charge is 0.391 e. The first-order chi connectivity index (χ1) is 5.04. The Morgan fingerprint density at radius 1 is 1.64 bits per heavy atom. The van der Waals surface area contributed by atoms with Crippen LogP contribution in [0.15, 0.2) is 0 Å². The van der Waals surface area contributed by atoms with Gasteiger partial charge in [0, 0.05) is 13.7 Å². The van der Waals surface area contributed by atoms with E-state index in [-0.39, 0.29) is 0 Å². The minimum atomic E-state index is -0.668. The van der Waals surface area contributed by atoms with Crippen LogP contribution in [-0.4, -0.2) is 24.9 Å². The van der Waals surface area contributed by atoms with E-state index in [1.165, 1.54) is 0 Å². The predicted octanol–water partition coefficient (Wildman–Crippen LogP) is 0.934. The van der Waals surface area contributed by atoms with Gasteiger partial charge in [-0.15, -0.1) is 0 Å². The fraction of sp³-hybridized carbons (Fsp3) is 0.875. The highest BCUT2D eigenvalue weighted by Gasteiger charge is 2.26. The Kier molecular flexibility index (Phi) is 4.09. The second kappa shape index (κ2) is 4.32. The fourth-order valence-corrected chi connectivity index (χ4v) is 0.665. The number of nitrogens with zero attached hydrogens (tertiary/aromatic N) is 1. The number of nitriles is 1. The maximum absolute atomic E-state index is 9.41. The molecule has 0 aliphatic heterocycles. The molecule has 0 aromatic rings. The number of aliphatic hydroxyl groups is 1. The maximum atomic E-state index is 9.41. The third-order valence-corrected chi connectivity index (χ3v) is 1.72. The quantitative estimate of drug-likeness (QED) is 0.660. The van der Waals surface area contributed by atoms with Crippen molar-refractivity contribution < 1.29 is 9.84 Å². The van der Waals surface area contributed by atoms with Crippen LogP contribution in [0.4, 0.5) is 0 Å². The van der Waals surface area contributed by atoms with Crippen molar-refractivity contribution >= 4 is 0 Å². The summed E-state index contributed by atoms with van der Waals surface area (Å²) in [5, 5.41) is 18.0. The summed E-state index contributed by atoms with van der Waals surface area (Å²) in [5.74, 6) is 0. The second-order valence-electron chi connectivity index (χ2n) is 3.13. The van der Waals surface area contributed by atoms with E-state index in [9.17, 15) is 5.11 Å². The minimum Gasteiger partial charge on any atom is -0.391 e. The molecular formula is C8H15NO2. The van der Waals surface area contributed by atoms with Gasteiger partial charge in [0.05, 0.1) is 17.6 Å². The van der Waals surface area contributed by atoms with E-state index >= 15 is 0 Å². The summed E-state index contributed by atoms with van der Waals surface area (Å²) >= 11 is 0. The van der Waals surface area contributed by atoms with E-state index in [1.54, 1.807) is 21.0 Å².